The van der Waals surface area contributed by atoms with Crippen molar-refractivity contribution >= 4 is 0 Å². The summed E-state index contributed by atoms with van der Waals surface area (Å²) in [6.07, 6.45) is 7.36. The molecule has 12 heavy (non-hydrogen) atoms. The van der Waals surface area contributed by atoms with Crippen LogP contribution in [0.5, 0.6) is 0 Å². The van der Waals surface area contributed by atoms with Gasteiger partial charge < -0.3 is 0 Å². The van der Waals surface area contributed by atoms with E-state index in [0.29, 0.717) is 0 Å². The van der Waals surface area contributed by atoms with Crippen molar-refractivity contribution in [2.24, 2.45) is 5.92 Å². The summed E-state index contributed by atoms with van der Waals surface area (Å²) in [5.41, 5.74) is 0. The van der Waals surface area contributed by atoms with E-state index in [9.17, 15) is 0 Å². The molecule has 1 atom stereocenters. The first-order valence-electron chi connectivity index (χ1n) is 5.55. The predicted octanol–water partition coefficient (Wildman–Crippen LogP) is 2.66. The first kappa shape index (κ1) is 8.55. The number of likely N-dealkylation sites (tertiary alicyclic amines) is 1. The van der Waals surface area contributed by atoms with Crippen LogP contribution in [0.4, 0.5) is 0 Å². The second-order valence-corrected chi connectivity index (χ2v) is 4.78. The Bertz CT molecular complexity index is 145. The molecule has 0 aromatic heterocycles. The highest BCUT2D eigenvalue weighted by Crippen LogP contribution is 2.33. The van der Waals surface area contributed by atoms with Gasteiger partial charge in [-0.1, -0.05) is 26.7 Å². The molecule has 70 valence electrons. The van der Waals surface area contributed by atoms with Gasteiger partial charge in [-0.25, -0.2) is 0 Å². The number of hydrogen-bond donors (Lipinski definition) is 0. The van der Waals surface area contributed by atoms with Gasteiger partial charge in [0.1, 0.15) is 0 Å². The molecular formula is C11H21N. The zero-order chi connectivity index (χ0) is 8.55. The van der Waals surface area contributed by atoms with Crippen LogP contribution >= 0.6 is 0 Å². The fraction of sp³-hybridized carbons (Fsp3) is 1.00. The Hall–Kier alpha value is -0.0400. The highest BCUT2D eigenvalue weighted by molar-refractivity contribution is 4.91. The molecule has 1 heterocycles. The van der Waals surface area contributed by atoms with E-state index >= 15 is 0 Å². The zero-order valence-electron chi connectivity index (χ0n) is 8.42. The Morgan fingerprint density at radius 2 is 1.75 bits per heavy atom. The van der Waals surface area contributed by atoms with Gasteiger partial charge in [-0.15, -0.1) is 0 Å². The van der Waals surface area contributed by atoms with Gasteiger partial charge in [0.15, 0.2) is 0 Å². The average molecular weight is 167 g/mol. The molecule has 1 saturated heterocycles. The smallest absolute Gasteiger partial charge is 0.0133 e. The zero-order valence-corrected chi connectivity index (χ0v) is 8.42. The highest BCUT2D eigenvalue weighted by atomic mass is 15.2. The lowest BCUT2D eigenvalue weighted by atomic mass is 9.89. The Balaban J connectivity index is 1.87. The molecule has 1 saturated carbocycles. The fourth-order valence-electron chi connectivity index (χ4n) is 2.83. The topological polar surface area (TPSA) is 3.24 Å². The van der Waals surface area contributed by atoms with Crippen LogP contribution in [-0.2, 0) is 0 Å². The van der Waals surface area contributed by atoms with Crippen molar-refractivity contribution < 1.29 is 0 Å². The van der Waals surface area contributed by atoms with Crippen LogP contribution < -0.4 is 0 Å². The lowest BCUT2D eigenvalue weighted by Gasteiger charge is -2.47. The Kier molecular flexibility index (Phi) is 2.40. The lowest BCUT2D eigenvalue weighted by molar-refractivity contribution is 0.0155. The quantitative estimate of drug-likeness (QED) is 0.611. The van der Waals surface area contributed by atoms with Crippen molar-refractivity contribution in [1.82, 2.24) is 4.90 Å². The molecule has 0 amide bonds. The van der Waals surface area contributed by atoms with E-state index in [1.807, 2.05) is 0 Å². The van der Waals surface area contributed by atoms with E-state index in [1.165, 1.54) is 38.6 Å². The van der Waals surface area contributed by atoms with Crippen molar-refractivity contribution in [3.8, 4) is 0 Å². The van der Waals surface area contributed by atoms with Crippen LogP contribution in [0.2, 0.25) is 0 Å². The third kappa shape index (κ3) is 1.39. The summed E-state index contributed by atoms with van der Waals surface area (Å²) in [6, 6.07) is 1.89. The lowest BCUT2D eigenvalue weighted by Crippen LogP contribution is -2.54. The maximum absolute atomic E-state index is 2.76. The third-order valence-electron chi connectivity index (χ3n) is 3.67. The molecule has 0 spiro atoms. The van der Waals surface area contributed by atoms with Crippen molar-refractivity contribution in [3.05, 3.63) is 0 Å². The summed E-state index contributed by atoms with van der Waals surface area (Å²) >= 11 is 0. The van der Waals surface area contributed by atoms with E-state index in [0.717, 1.165) is 18.0 Å². The normalized spacial score (nSPS) is 32.8. The molecule has 1 nitrogen and oxygen atoms in total. The first-order chi connectivity index (χ1) is 5.79. The standard InChI is InChI=1S/C11H21N/c1-9(2)11-7-8-12(11)10-5-3-4-6-10/h9-11H,3-8H2,1-2H3. The third-order valence-corrected chi connectivity index (χ3v) is 3.67. The van der Waals surface area contributed by atoms with E-state index in [4.69, 9.17) is 0 Å². The molecule has 0 aromatic rings. The molecular weight excluding hydrogens is 146 g/mol. The van der Waals surface area contributed by atoms with Crippen molar-refractivity contribution in [2.45, 2.75) is 58.0 Å². The largest absolute Gasteiger partial charge is 0.297 e. The van der Waals surface area contributed by atoms with Crippen LogP contribution in [0.15, 0.2) is 0 Å². The van der Waals surface area contributed by atoms with Crippen molar-refractivity contribution in [3.63, 3.8) is 0 Å². The maximum atomic E-state index is 2.76. The Morgan fingerprint density at radius 1 is 1.08 bits per heavy atom. The molecule has 1 aliphatic heterocycles. The minimum Gasteiger partial charge on any atom is -0.297 e. The van der Waals surface area contributed by atoms with Gasteiger partial charge in [-0.2, -0.15) is 0 Å². The monoisotopic (exact) mass is 167 g/mol. The van der Waals surface area contributed by atoms with Crippen molar-refractivity contribution in [1.29, 1.82) is 0 Å². The van der Waals surface area contributed by atoms with Gasteiger partial charge in [-0.3, -0.25) is 4.90 Å². The van der Waals surface area contributed by atoms with Crippen LogP contribution in [-0.4, -0.2) is 23.5 Å². The van der Waals surface area contributed by atoms with E-state index in [1.54, 1.807) is 0 Å². The van der Waals surface area contributed by atoms with Gasteiger partial charge in [-0.05, 0) is 25.2 Å². The minimum atomic E-state index is 0.874. The van der Waals surface area contributed by atoms with E-state index < -0.39 is 0 Å². The summed E-state index contributed by atoms with van der Waals surface area (Å²) in [7, 11) is 0. The van der Waals surface area contributed by atoms with Crippen molar-refractivity contribution in [2.75, 3.05) is 6.54 Å². The first-order valence-corrected chi connectivity index (χ1v) is 5.55. The second kappa shape index (κ2) is 3.37. The molecule has 2 rings (SSSR count). The molecule has 0 N–H and O–H groups in total. The number of hydrogen-bond acceptors (Lipinski definition) is 1. The molecule has 0 aromatic carbocycles. The Morgan fingerprint density at radius 3 is 2.17 bits per heavy atom. The number of nitrogens with zero attached hydrogens (tertiary/aromatic N) is 1. The maximum Gasteiger partial charge on any atom is 0.0133 e. The van der Waals surface area contributed by atoms with Gasteiger partial charge in [0.05, 0.1) is 0 Å². The summed E-state index contributed by atoms with van der Waals surface area (Å²) in [6.45, 7) is 6.12. The van der Waals surface area contributed by atoms with E-state index in [2.05, 4.69) is 18.7 Å². The summed E-state index contributed by atoms with van der Waals surface area (Å²) in [5, 5.41) is 0. The summed E-state index contributed by atoms with van der Waals surface area (Å²) in [5.74, 6) is 0.874. The highest BCUT2D eigenvalue weighted by Gasteiger charge is 2.36. The SMILES string of the molecule is CC(C)C1CCN1C1CCCC1. The molecule has 1 aliphatic carbocycles. The Labute approximate surface area is 76.1 Å². The molecule has 2 aliphatic rings. The summed E-state index contributed by atoms with van der Waals surface area (Å²) in [4.78, 5) is 2.76. The molecule has 2 fully saturated rings. The molecule has 0 radical (unpaired) electrons. The van der Waals surface area contributed by atoms with Gasteiger partial charge in [0, 0.05) is 18.6 Å². The van der Waals surface area contributed by atoms with Gasteiger partial charge in [0.25, 0.3) is 0 Å². The van der Waals surface area contributed by atoms with Crippen LogP contribution in [0.25, 0.3) is 0 Å². The van der Waals surface area contributed by atoms with Crippen LogP contribution in [0.3, 0.4) is 0 Å². The fourth-order valence-corrected chi connectivity index (χ4v) is 2.83. The molecule has 0 bridgehead atoms. The van der Waals surface area contributed by atoms with Gasteiger partial charge >= 0.3 is 0 Å². The van der Waals surface area contributed by atoms with Gasteiger partial charge in [0.2, 0.25) is 0 Å². The van der Waals surface area contributed by atoms with Crippen LogP contribution in [0.1, 0.15) is 46.0 Å². The van der Waals surface area contributed by atoms with Crippen LogP contribution in [0, 0.1) is 5.92 Å². The average Bonchev–Trinajstić information content (AvgIpc) is 2.35. The molecule has 1 heteroatoms. The second-order valence-electron chi connectivity index (χ2n) is 4.78. The van der Waals surface area contributed by atoms with E-state index in [-0.39, 0.29) is 0 Å². The number of rotatable bonds is 2. The predicted molar refractivity (Wildman–Crippen MR) is 52.2 cm³/mol. The minimum absolute atomic E-state index is 0.874. The summed E-state index contributed by atoms with van der Waals surface area (Å²) < 4.78 is 0. The molecule has 1 unspecified atom stereocenters.